The Labute approximate surface area is 136 Å². The van der Waals surface area contributed by atoms with Crippen LogP contribution in [0.5, 0.6) is 5.75 Å². The second-order valence-corrected chi connectivity index (χ2v) is 6.59. The summed E-state index contributed by atoms with van der Waals surface area (Å²) in [6, 6.07) is 7.56. The number of halogens is 1. The molecule has 1 amide bonds. The molecule has 2 heterocycles. The van der Waals surface area contributed by atoms with Crippen LogP contribution in [0.25, 0.3) is 0 Å². The van der Waals surface area contributed by atoms with Gasteiger partial charge in [-0.15, -0.1) is 0 Å². The molecule has 0 radical (unpaired) electrons. The lowest BCUT2D eigenvalue weighted by atomic mass is 9.98. The van der Waals surface area contributed by atoms with Gasteiger partial charge in [0.15, 0.2) is 0 Å². The molecule has 2 atom stereocenters. The average Bonchev–Trinajstić information content (AvgIpc) is 3.08. The van der Waals surface area contributed by atoms with Crippen LogP contribution >= 0.6 is 11.6 Å². The Balaban J connectivity index is 1.52. The number of amides is 1. The number of ether oxygens (including phenoxy) is 1. The van der Waals surface area contributed by atoms with Crippen molar-refractivity contribution in [3.05, 3.63) is 29.3 Å². The van der Waals surface area contributed by atoms with Gasteiger partial charge in [-0.3, -0.25) is 4.79 Å². The van der Waals surface area contributed by atoms with Gasteiger partial charge in [-0.1, -0.05) is 23.7 Å². The number of nitrogens with one attached hydrogen (secondary N) is 1. The molecule has 1 N–H and O–H groups in total. The molecule has 0 spiro atoms. The van der Waals surface area contributed by atoms with Gasteiger partial charge in [0.1, 0.15) is 5.75 Å². The minimum Gasteiger partial charge on any atom is -0.492 e. The predicted molar refractivity (Wildman–Crippen MR) is 87.3 cm³/mol. The quantitative estimate of drug-likeness (QED) is 0.926. The molecule has 1 aromatic rings. The van der Waals surface area contributed by atoms with Crippen molar-refractivity contribution in [2.45, 2.75) is 31.7 Å². The molecule has 2 aliphatic heterocycles. The van der Waals surface area contributed by atoms with E-state index in [9.17, 15) is 4.79 Å². The number of nitrogens with zero attached hydrogens (tertiary/aromatic N) is 1. The number of hydrogen-bond donors (Lipinski definition) is 1. The highest BCUT2D eigenvalue weighted by molar-refractivity contribution is 6.32. The van der Waals surface area contributed by atoms with Gasteiger partial charge < -0.3 is 15.0 Å². The summed E-state index contributed by atoms with van der Waals surface area (Å²) in [5.74, 6) is 1.38. The second-order valence-electron chi connectivity index (χ2n) is 6.18. The fourth-order valence-corrected chi connectivity index (χ4v) is 3.48. The van der Waals surface area contributed by atoms with Gasteiger partial charge in [-0.2, -0.15) is 0 Å². The van der Waals surface area contributed by atoms with Crippen molar-refractivity contribution in [3.8, 4) is 5.75 Å². The number of para-hydroxylation sites is 1. The normalized spacial score (nSPS) is 25.2. The molecule has 4 nitrogen and oxygen atoms in total. The molecular formula is C17H23ClN2O2. The average molecular weight is 323 g/mol. The Bertz CT molecular complexity index is 517. The zero-order valence-electron chi connectivity index (χ0n) is 12.8. The molecular weight excluding hydrogens is 300 g/mol. The van der Waals surface area contributed by atoms with Crippen molar-refractivity contribution in [2.75, 3.05) is 26.2 Å². The minimum atomic E-state index is 0.0308. The topological polar surface area (TPSA) is 41.6 Å². The van der Waals surface area contributed by atoms with Gasteiger partial charge >= 0.3 is 0 Å². The van der Waals surface area contributed by atoms with Crippen LogP contribution in [0.2, 0.25) is 5.02 Å². The van der Waals surface area contributed by atoms with Crippen LogP contribution in [0.4, 0.5) is 0 Å². The number of rotatable bonds is 4. The molecule has 2 saturated heterocycles. The molecule has 0 saturated carbocycles. The van der Waals surface area contributed by atoms with E-state index in [-0.39, 0.29) is 11.9 Å². The maximum atomic E-state index is 12.5. The highest BCUT2D eigenvalue weighted by Crippen LogP contribution is 2.25. The lowest BCUT2D eigenvalue weighted by molar-refractivity contribution is -0.135. The largest absolute Gasteiger partial charge is 0.492 e. The third-order valence-corrected chi connectivity index (χ3v) is 4.81. The zero-order chi connectivity index (χ0) is 15.4. The number of piperidine rings is 1. The fourth-order valence-electron chi connectivity index (χ4n) is 3.29. The van der Waals surface area contributed by atoms with Crippen molar-refractivity contribution in [3.63, 3.8) is 0 Å². The van der Waals surface area contributed by atoms with Crippen LogP contribution in [-0.2, 0) is 4.79 Å². The van der Waals surface area contributed by atoms with Crippen LogP contribution in [-0.4, -0.2) is 43.1 Å². The highest BCUT2D eigenvalue weighted by Gasteiger charge is 2.30. The van der Waals surface area contributed by atoms with Crippen molar-refractivity contribution in [1.29, 1.82) is 0 Å². The maximum Gasteiger partial charge on any atom is 0.239 e. The zero-order valence-corrected chi connectivity index (χ0v) is 13.5. The van der Waals surface area contributed by atoms with E-state index in [0.717, 1.165) is 51.1 Å². The Morgan fingerprint density at radius 2 is 2.18 bits per heavy atom. The van der Waals surface area contributed by atoms with E-state index in [1.165, 1.54) is 0 Å². The summed E-state index contributed by atoms with van der Waals surface area (Å²) >= 11 is 6.11. The van der Waals surface area contributed by atoms with Gasteiger partial charge in [0.2, 0.25) is 5.91 Å². The molecule has 2 unspecified atom stereocenters. The molecule has 5 heteroatoms. The molecule has 1 aromatic carbocycles. The van der Waals surface area contributed by atoms with Gasteiger partial charge in [0.25, 0.3) is 0 Å². The molecule has 2 aliphatic rings. The fraction of sp³-hybridized carbons (Fsp3) is 0.588. The molecule has 3 rings (SSSR count). The number of carbonyl (C=O) groups is 1. The summed E-state index contributed by atoms with van der Waals surface area (Å²) in [5, 5.41) is 3.93. The molecule has 2 fully saturated rings. The summed E-state index contributed by atoms with van der Waals surface area (Å²) in [4.78, 5) is 14.5. The highest BCUT2D eigenvalue weighted by atomic mass is 35.5. The number of carbonyl (C=O) groups excluding carboxylic acids is 1. The summed E-state index contributed by atoms with van der Waals surface area (Å²) in [5.41, 5.74) is 0. The third kappa shape index (κ3) is 3.73. The van der Waals surface area contributed by atoms with Crippen LogP contribution in [0, 0.1) is 5.92 Å². The van der Waals surface area contributed by atoms with E-state index < -0.39 is 0 Å². The lowest BCUT2D eigenvalue weighted by Crippen LogP contribution is -2.48. The first-order valence-corrected chi connectivity index (χ1v) is 8.51. The van der Waals surface area contributed by atoms with E-state index in [0.29, 0.717) is 17.5 Å². The smallest absolute Gasteiger partial charge is 0.239 e. The monoisotopic (exact) mass is 322 g/mol. The van der Waals surface area contributed by atoms with Crippen LogP contribution in [0.1, 0.15) is 25.7 Å². The third-order valence-electron chi connectivity index (χ3n) is 4.50. The molecule has 0 aliphatic carbocycles. The van der Waals surface area contributed by atoms with Gasteiger partial charge in [0.05, 0.1) is 17.7 Å². The number of hydrogen-bond acceptors (Lipinski definition) is 3. The summed E-state index contributed by atoms with van der Waals surface area (Å²) in [6.45, 7) is 3.25. The van der Waals surface area contributed by atoms with Crippen molar-refractivity contribution >= 4 is 17.5 Å². The first-order chi connectivity index (χ1) is 10.7. The van der Waals surface area contributed by atoms with Gasteiger partial charge in [-0.25, -0.2) is 0 Å². The maximum absolute atomic E-state index is 12.5. The number of benzene rings is 1. The first kappa shape index (κ1) is 15.6. The van der Waals surface area contributed by atoms with Crippen molar-refractivity contribution in [2.24, 2.45) is 5.92 Å². The summed E-state index contributed by atoms with van der Waals surface area (Å²) < 4.78 is 5.84. The van der Waals surface area contributed by atoms with Crippen molar-refractivity contribution in [1.82, 2.24) is 10.2 Å². The Morgan fingerprint density at radius 1 is 1.32 bits per heavy atom. The minimum absolute atomic E-state index is 0.0308. The van der Waals surface area contributed by atoms with Gasteiger partial charge in [-0.05, 0) is 44.4 Å². The second kappa shape index (κ2) is 7.34. The van der Waals surface area contributed by atoms with E-state index in [1.807, 2.05) is 29.2 Å². The summed E-state index contributed by atoms with van der Waals surface area (Å²) in [7, 11) is 0. The molecule has 120 valence electrons. The van der Waals surface area contributed by atoms with Crippen LogP contribution in [0.15, 0.2) is 24.3 Å². The van der Waals surface area contributed by atoms with Crippen LogP contribution < -0.4 is 10.1 Å². The molecule has 0 aromatic heterocycles. The Kier molecular flexibility index (Phi) is 5.21. The van der Waals surface area contributed by atoms with Gasteiger partial charge in [0, 0.05) is 19.0 Å². The van der Waals surface area contributed by atoms with E-state index in [1.54, 1.807) is 0 Å². The Morgan fingerprint density at radius 3 is 2.95 bits per heavy atom. The first-order valence-electron chi connectivity index (χ1n) is 8.13. The van der Waals surface area contributed by atoms with E-state index in [2.05, 4.69) is 5.32 Å². The molecule has 0 bridgehead atoms. The van der Waals surface area contributed by atoms with E-state index in [4.69, 9.17) is 16.3 Å². The number of likely N-dealkylation sites (tertiary alicyclic amines) is 1. The van der Waals surface area contributed by atoms with Crippen molar-refractivity contribution < 1.29 is 9.53 Å². The SMILES string of the molecule is O=C(C1CCCN1)N1CCCC(COc2ccccc2Cl)C1. The van der Waals surface area contributed by atoms with E-state index >= 15 is 0 Å². The standard InChI is InChI=1S/C17H23ClN2O2/c18-14-6-1-2-8-16(14)22-12-13-5-4-10-20(11-13)17(21)15-7-3-9-19-15/h1-2,6,8,13,15,19H,3-5,7,9-12H2. The summed E-state index contributed by atoms with van der Waals surface area (Å²) in [6.07, 6.45) is 4.22. The lowest BCUT2D eigenvalue weighted by Gasteiger charge is -2.34. The predicted octanol–water partition coefficient (Wildman–Crippen LogP) is 2.71. The van der Waals surface area contributed by atoms with Crippen LogP contribution in [0.3, 0.4) is 0 Å². The Hall–Kier alpha value is -1.26. The molecule has 22 heavy (non-hydrogen) atoms.